The Labute approximate surface area is 151 Å². The zero-order valence-electron chi connectivity index (χ0n) is 14.9. The Morgan fingerprint density at radius 2 is 2.23 bits per heavy atom. The molecule has 1 aromatic heterocycles. The molecule has 9 nitrogen and oxygen atoms in total. The SMILES string of the molecule is COC(=O)N1CCCC[C@@H]1C(=O)N(C)Cc1cccc(-c2nn[nH]n2)c1. The Hall–Kier alpha value is -2.97. The lowest BCUT2D eigenvalue weighted by molar-refractivity contribution is -0.136. The van der Waals surface area contributed by atoms with E-state index in [-0.39, 0.29) is 5.91 Å². The van der Waals surface area contributed by atoms with E-state index in [1.807, 2.05) is 24.3 Å². The number of nitrogens with zero attached hydrogens (tertiary/aromatic N) is 5. The van der Waals surface area contributed by atoms with Crippen LogP contribution in [0.4, 0.5) is 4.79 Å². The number of methoxy groups -OCH3 is 1. The van der Waals surface area contributed by atoms with Crippen molar-refractivity contribution in [2.24, 2.45) is 0 Å². The first-order valence-corrected chi connectivity index (χ1v) is 8.52. The van der Waals surface area contributed by atoms with Crippen LogP contribution in [0.15, 0.2) is 24.3 Å². The number of nitrogens with one attached hydrogen (secondary N) is 1. The molecule has 26 heavy (non-hydrogen) atoms. The zero-order chi connectivity index (χ0) is 18.5. The molecule has 138 valence electrons. The van der Waals surface area contributed by atoms with Gasteiger partial charge in [-0.15, -0.1) is 10.2 Å². The normalized spacial score (nSPS) is 17.0. The summed E-state index contributed by atoms with van der Waals surface area (Å²) in [6.07, 6.45) is 2.01. The highest BCUT2D eigenvalue weighted by Crippen LogP contribution is 2.21. The number of carbonyl (C=O) groups is 2. The van der Waals surface area contributed by atoms with Crippen LogP contribution in [0, 0.1) is 0 Å². The van der Waals surface area contributed by atoms with E-state index in [0.717, 1.165) is 24.0 Å². The maximum atomic E-state index is 12.9. The van der Waals surface area contributed by atoms with Crippen LogP contribution in [-0.4, -0.2) is 69.2 Å². The summed E-state index contributed by atoms with van der Waals surface area (Å²) in [7, 11) is 3.08. The number of hydrogen-bond donors (Lipinski definition) is 1. The summed E-state index contributed by atoms with van der Waals surface area (Å²) >= 11 is 0. The Balaban J connectivity index is 1.71. The van der Waals surface area contributed by atoms with Crippen molar-refractivity contribution in [3.8, 4) is 11.4 Å². The van der Waals surface area contributed by atoms with Gasteiger partial charge in [0.1, 0.15) is 6.04 Å². The first-order valence-electron chi connectivity index (χ1n) is 8.52. The number of hydrogen-bond acceptors (Lipinski definition) is 6. The Bertz CT molecular complexity index is 764. The quantitative estimate of drug-likeness (QED) is 0.887. The van der Waals surface area contributed by atoms with Gasteiger partial charge in [-0.2, -0.15) is 5.21 Å². The van der Waals surface area contributed by atoms with Crippen molar-refractivity contribution in [3.05, 3.63) is 29.8 Å². The molecular formula is C17H22N6O3. The van der Waals surface area contributed by atoms with Crippen LogP contribution in [0.2, 0.25) is 0 Å². The molecule has 0 radical (unpaired) electrons. The molecule has 3 rings (SSSR count). The molecule has 0 saturated carbocycles. The standard InChI is InChI=1S/C17H22N6O3/c1-22(16(24)14-8-3-4-9-23(14)17(25)26-2)11-12-6-5-7-13(10-12)15-18-20-21-19-15/h5-7,10,14H,3-4,8-9,11H2,1-2H3,(H,18,19,20,21)/t14-/m1/s1. The molecular weight excluding hydrogens is 336 g/mol. The number of amides is 2. The lowest BCUT2D eigenvalue weighted by Gasteiger charge is -2.35. The topological polar surface area (TPSA) is 104 Å². The van der Waals surface area contributed by atoms with Crippen molar-refractivity contribution >= 4 is 12.0 Å². The Kier molecular flexibility index (Phi) is 5.45. The van der Waals surface area contributed by atoms with E-state index in [0.29, 0.717) is 25.3 Å². The van der Waals surface area contributed by atoms with Crippen molar-refractivity contribution in [2.75, 3.05) is 20.7 Å². The van der Waals surface area contributed by atoms with Gasteiger partial charge in [0, 0.05) is 25.7 Å². The number of aromatic nitrogens is 4. The van der Waals surface area contributed by atoms with Gasteiger partial charge in [-0.1, -0.05) is 18.2 Å². The third kappa shape index (κ3) is 3.81. The van der Waals surface area contributed by atoms with Gasteiger partial charge in [0.05, 0.1) is 7.11 Å². The monoisotopic (exact) mass is 358 g/mol. The molecule has 1 fully saturated rings. The number of benzene rings is 1. The molecule has 1 aliphatic rings. The third-order valence-corrected chi connectivity index (χ3v) is 4.52. The van der Waals surface area contributed by atoms with Crippen molar-refractivity contribution in [1.82, 2.24) is 30.4 Å². The molecule has 0 aliphatic carbocycles. The number of likely N-dealkylation sites (tertiary alicyclic amines) is 1. The van der Waals surface area contributed by atoms with E-state index in [2.05, 4.69) is 20.6 Å². The fourth-order valence-corrected chi connectivity index (χ4v) is 3.22. The van der Waals surface area contributed by atoms with E-state index < -0.39 is 12.1 Å². The van der Waals surface area contributed by atoms with Crippen LogP contribution in [0.1, 0.15) is 24.8 Å². The predicted molar refractivity (Wildman–Crippen MR) is 92.8 cm³/mol. The van der Waals surface area contributed by atoms with Crippen LogP contribution in [0.25, 0.3) is 11.4 Å². The molecule has 0 bridgehead atoms. The Morgan fingerprint density at radius 1 is 1.38 bits per heavy atom. The van der Waals surface area contributed by atoms with Crippen molar-refractivity contribution in [1.29, 1.82) is 0 Å². The molecule has 9 heteroatoms. The highest BCUT2D eigenvalue weighted by atomic mass is 16.5. The largest absolute Gasteiger partial charge is 0.453 e. The summed E-state index contributed by atoms with van der Waals surface area (Å²) in [5, 5.41) is 13.9. The highest BCUT2D eigenvalue weighted by Gasteiger charge is 2.34. The number of H-pyrrole nitrogens is 1. The Morgan fingerprint density at radius 3 is 2.96 bits per heavy atom. The first-order chi connectivity index (χ1) is 12.6. The van der Waals surface area contributed by atoms with Gasteiger partial charge in [0.15, 0.2) is 0 Å². The number of likely N-dealkylation sites (N-methyl/N-ethyl adjacent to an activating group) is 1. The number of carbonyl (C=O) groups excluding carboxylic acids is 2. The van der Waals surface area contributed by atoms with Gasteiger partial charge in [-0.05, 0) is 36.1 Å². The maximum Gasteiger partial charge on any atom is 0.410 e. The lowest BCUT2D eigenvalue weighted by atomic mass is 10.0. The fourth-order valence-electron chi connectivity index (χ4n) is 3.22. The minimum Gasteiger partial charge on any atom is -0.453 e. The molecule has 0 unspecified atom stereocenters. The van der Waals surface area contributed by atoms with Gasteiger partial charge in [-0.25, -0.2) is 4.79 Å². The lowest BCUT2D eigenvalue weighted by Crippen LogP contribution is -2.52. The summed E-state index contributed by atoms with van der Waals surface area (Å²) in [5.74, 6) is 0.421. The molecule has 0 spiro atoms. The van der Waals surface area contributed by atoms with Gasteiger partial charge < -0.3 is 9.64 Å². The third-order valence-electron chi connectivity index (χ3n) is 4.52. The molecule has 1 saturated heterocycles. The number of aromatic amines is 1. The van der Waals surface area contributed by atoms with Crippen LogP contribution in [0.3, 0.4) is 0 Å². The maximum absolute atomic E-state index is 12.9. The van der Waals surface area contributed by atoms with Crippen LogP contribution in [-0.2, 0) is 16.1 Å². The molecule has 2 heterocycles. The van der Waals surface area contributed by atoms with Crippen LogP contribution >= 0.6 is 0 Å². The summed E-state index contributed by atoms with van der Waals surface area (Å²) in [5.41, 5.74) is 1.77. The summed E-state index contributed by atoms with van der Waals surface area (Å²) in [4.78, 5) is 28.0. The summed E-state index contributed by atoms with van der Waals surface area (Å²) in [6, 6.07) is 7.17. The molecule has 1 atom stereocenters. The van der Waals surface area contributed by atoms with Crippen molar-refractivity contribution in [3.63, 3.8) is 0 Å². The average Bonchev–Trinajstić information content (AvgIpc) is 3.22. The molecule has 1 aliphatic heterocycles. The molecule has 2 aromatic rings. The number of ether oxygens (including phenoxy) is 1. The second-order valence-corrected chi connectivity index (χ2v) is 6.31. The molecule has 1 N–H and O–H groups in total. The van der Waals surface area contributed by atoms with Gasteiger partial charge in [0.2, 0.25) is 11.7 Å². The second kappa shape index (κ2) is 7.94. The van der Waals surface area contributed by atoms with E-state index in [9.17, 15) is 9.59 Å². The zero-order valence-corrected chi connectivity index (χ0v) is 14.9. The summed E-state index contributed by atoms with van der Waals surface area (Å²) < 4.78 is 4.82. The van der Waals surface area contributed by atoms with E-state index in [1.165, 1.54) is 12.0 Å². The number of rotatable bonds is 4. The fraction of sp³-hybridized carbons (Fsp3) is 0.471. The van der Waals surface area contributed by atoms with Crippen LogP contribution in [0.5, 0.6) is 0 Å². The summed E-state index contributed by atoms with van der Waals surface area (Å²) in [6.45, 7) is 0.972. The highest BCUT2D eigenvalue weighted by molar-refractivity contribution is 5.85. The molecule has 1 aromatic carbocycles. The first kappa shape index (κ1) is 17.8. The minimum atomic E-state index is -0.471. The average molecular weight is 358 g/mol. The smallest absolute Gasteiger partial charge is 0.410 e. The molecule has 2 amide bonds. The van der Waals surface area contributed by atoms with E-state index in [4.69, 9.17) is 4.74 Å². The van der Waals surface area contributed by atoms with Gasteiger partial charge in [0.25, 0.3) is 0 Å². The van der Waals surface area contributed by atoms with Crippen molar-refractivity contribution < 1.29 is 14.3 Å². The number of piperidine rings is 1. The predicted octanol–water partition coefficient (Wildman–Crippen LogP) is 1.45. The van der Waals surface area contributed by atoms with E-state index in [1.54, 1.807) is 11.9 Å². The van der Waals surface area contributed by atoms with Gasteiger partial charge in [-0.3, -0.25) is 9.69 Å². The minimum absolute atomic E-state index is 0.0833. The van der Waals surface area contributed by atoms with E-state index >= 15 is 0 Å². The number of tetrazole rings is 1. The van der Waals surface area contributed by atoms with Crippen LogP contribution < -0.4 is 0 Å². The second-order valence-electron chi connectivity index (χ2n) is 6.31. The van der Waals surface area contributed by atoms with Crippen molar-refractivity contribution in [2.45, 2.75) is 31.8 Å². The van der Waals surface area contributed by atoms with Gasteiger partial charge >= 0.3 is 6.09 Å².